The van der Waals surface area contributed by atoms with Crippen LogP contribution in [0.5, 0.6) is 11.5 Å². The van der Waals surface area contributed by atoms with E-state index in [-0.39, 0.29) is 11.7 Å². The van der Waals surface area contributed by atoms with Crippen molar-refractivity contribution in [2.24, 2.45) is 5.10 Å². The van der Waals surface area contributed by atoms with Crippen molar-refractivity contribution < 1.29 is 23.5 Å². The van der Waals surface area contributed by atoms with Gasteiger partial charge in [-0.15, -0.1) is 0 Å². The molecule has 0 saturated carbocycles. The van der Waals surface area contributed by atoms with Crippen LogP contribution in [0.25, 0.3) is 0 Å². The summed E-state index contributed by atoms with van der Waals surface area (Å²) in [6.07, 6.45) is 4.44. The third-order valence-corrected chi connectivity index (χ3v) is 3.95. The van der Waals surface area contributed by atoms with Gasteiger partial charge < -0.3 is 13.9 Å². The lowest BCUT2D eigenvalue weighted by Gasteiger charge is -2.09. The highest BCUT2D eigenvalue weighted by Gasteiger charge is 2.14. The van der Waals surface area contributed by atoms with Crippen LogP contribution in [-0.2, 0) is 0 Å². The zero-order valence-electron chi connectivity index (χ0n) is 16.1. The van der Waals surface area contributed by atoms with Gasteiger partial charge in [0.1, 0.15) is 11.5 Å². The Hall–Kier alpha value is -3.94. The molecule has 2 aromatic heterocycles. The number of hydrazone groups is 1. The van der Waals surface area contributed by atoms with Gasteiger partial charge in [-0.25, -0.2) is 10.2 Å². The lowest BCUT2D eigenvalue weighted by atomic mass is 10.2. The summed E-state index contributed by atoms with van der Waals surface area (Å²) in [5.74, 6) is 0.862. The van der Waals surface area contributed by atoms with Gasteiger partial charge in [0.15, 0.2) is 11.5 Å². The number of hydrogen-bond donors (Lipinski definition) is 1. The Morgan fingerprint density at radius 3 is 2.66 bits per heavy atom. The molecule has 148 valence electrons. The second-order valence-electron chi connectivity index (χ2n) is 6.07. The van der Waals surface area contributed by atoms with Gasteiger partial charge in [-0.05, 0) is 55.8 Å². The number of furan rings is 1. The Morgan fingerprint density at radius 2 is 2.00 bits per heavy atom. The molecule has 2 heterocycles. The summed E-state index contributed by atoms with van der Waals surface area (Å²) in [5.41, 5.74) is 3.84. The minimum Gasteiger partial charge on any atom is -0.493 e. The monoisotopic (exact) mass is 393 g/mol. The lowest BCUT2D eigenvalue weighted by Crippen LogP contribution is -2.17. The number of carbonyl (C=O) groups is 2. The van der Waals surface area contributed by atoms with E-state index in [0.29, 0.717) is 34.0 Å². The third kappa shape index (κ3) is 4.86. The molecule has 8 nitrogen and oxygen atoms in total. The van der Waals surface area contributed by atoms with E-state index in [0.717, 1.165) is 0 Å². The SMILES string of the molecule is COc1cc(/C=N/NC(=O)c2cc(C)oc2C)ccc1OC(=O)c1cccnc1. The second-order valence-corrected chi connectivity index (χ2v) is 6.07. The fraction of sp³-hybridized carbons (Fsp3) is 0.143. The quantitative estimate of drug-likeness (QED) is 0.298. The highest BCUT2D eigenvalue weighted by molar-refractivity contribution is 5.96. The minimum absolute atomic E-state index is 0.257. The van der Waals surface area contributed by atoms with E-state index in [9.17, 15) is 9.59 Å². The van der Waals surface area contributed by atoms with E-state index >= 15 is 0 Å². The van der Waals surface area contributed by atoms with Gasteiger partial charge >= 0.3 is 5.97 Å². The number of benzene rings is 1. The van der Waals surface area contributed by atoms with Crippen molar-refractivity contribution in [3.05, 3.63) is 77.0 Å². The number of hydrogen-bond acceptors (Lipinski definition) is 7. The largest absolute Gasteiger partial charge is 0.493 e. The van der Waals surface area contributed by atoms with Crippen molar-refractivity contribution in [2.45, 2.75) is 13.8 Å². The summed E-state index contributed by atoms with van der Waals surface area (Å²) < 4.78 is 16.0. The molecule has 1 amide bonds. The molecular weight excluding hydrogens is 374 g/mol. The summed E-state index contributed by atoms with van der Waals surface area (Å²) in [5, 5.41) is 3.94. The molecule has 0 unspecified atom stereocenters. The van der Waals surface area contributed by atoms with Crippen LogP contribution in [-0.4, -0.2) is 30.2 Å². The maximum Gasteiger partial charge on any atom is 0.345 e. The number of aryl methyl sites for hydroxylation is 2. The smallest absolute Gasteiger partial charge is 0.345 e. The average Bonchev–Trinajstić information content (AvgIpc) is 3.07. The van der Waals surface area contributed by atoms with Crippen molar-refractivity contribution in [3.63, 3.8) is 0 Å². The van der Waals surface area contributed by atoms with Crippen LogP contribution in [0.15, 0.2) is 58.3 Å². The molecule has 0 saturated heterocycles. The number of amides is 1. The molecule has 1 N–H and O–H groups in total. The molecule has 0 bridgehead atoms. The van der Waals surface area contributed by atoms with E-state index in [1.54, 1.807) is 56.4 Å². The number of esters is 1. The Bertz CT molecular complexity index is 1060. The van der Waals surface area contributed by atoms with Crippen LogP contribution >= 0.6 is 0 Å². The lowest BCUT2D eigenvalue weighted by molar-refractivity contribution is 0.0729. The summed E-state index contributed by atoms with van der Waals surface area (Å²) in [7, 11) is 1.46. The Labute approximate surface area is 167 Å². The van der Waals surface area contributed by atoms with Gasteiger partial charge in [-0.3, -0.25) is 9.78 Å². The van der Waals surface area contributed by atoms with Gasteiger partial charge in [-0.1, -0.05) is 0 Å². The standard InChI is InChI=1S/C21H19N3O5/c1-13-9-17(14(2)28-13)20(25)24-23-11-15-6-7-18(19(10-15)27-3)29-21(26)16-5-4-8-22-12-16/h4-12H,1-3H3,(H,24,25)/b23-11+. The Kier molecular flexibility index (Phi) is 6.03. The molecule has 0 aliphatic rings. The first kappa shape index (κ1) is 19.8. The van der Waals surface area contributed by atoms with Crippen LogP contribution in [0, 0.1) is 13.8 Å². The molecule has 0 fully saturated rings. The fourth-order valence-corrected chi connectivity index (χ4v) is 2.57. The molecule has 3 rings (SSSR count). The predicted molar refractivity (Wildman–Crippen MR) is 105 cm³/mol. The van der Waals surface area contributed by atoms with E-state index < -0.39 is 5.97 Å². The van der Waals surface area contributed by atoms with Gasteiger partial charge in [-0.2, -0.15) is 5.10 Å². The molecule has 0 radical (unpaired) electrons. The maximum absolute atomic E-state index is 12.2. The molecule has 0 spiro atoms. The third-order valence-electron chi connectivity index (χ3n) is 3.95. The van der Waals surface area contributed by atoms with Crippen molar-refractivity contribution in [1.29, 1.82) is 0 Å². The first-order valence-corrected chi connectivity index (χ1v) is 8.68. The summed E-state index contributed by atoms with van der Waals surface area (Å²) in [6.45, 7) is 3.48. The number of nitrogens with zero attached hydrogens (tertiary/aromatic N) is 2. The van der Waals surface area contributed by atoms with Crippen LogP contribution in [0.4, 0.5) is 0 Å². The molecule has 0 aliphatic heterocycles. The zero-order chi connectivity index (χ0) is 20.8. The van der Waals surface area contributed by atoms with Crippen LogP contribution in [0.2, 0.25) is 0 Å². The topological polar surface area (TPSA) is 103 Å². The normalized spacial score (nSPS) is 10.7. The van der Waals surface area contributed by atoms with Crippen LogP contribution in [0.1, 0.15) is 37.8 Å². The fourth-order valence-electron chi connectivity index (χ4n) is 2.57. The van der Waals surface area contributed by atoms with Gasteiger partial charge in [0, 0.05) is 12.4 Å². The van der Waals surface area contributed by atoms with E-state index in [2.05, 4.69) is 15.5 Å². The molecule has 1 aromatic carbocycles. The van der Waals surface area contributed by atoms with Crippen LogP contribution < -0.4 is 14.9 Å². The molecule has 3 aromatic rings. The van der Waals surface area contributed by atoms with Crippen molar-refractivity contribution in [3.8, 4) is 11.5 Å². The molecule has 29 heavy (non-hydrogen) atoms. The number of ether oxygens (including phenoxy) is 2. The number of nitrogens with one attached hydrogen (secondary N) is 1. The second kappa shape index (κ2) is 8.83. The Morgan fingerprint density at radius 1 is 1.17 bits per heavy atom. The molecule has 0 atom stereocenters. The van der Waals surface area contributed by atoms with Crippen molar-refractivity contribution in [1.82, 2.24) is 10.4 Å². The first-order valence-electron chi connectivity index (χ1n) is 8.68. The number of methoxy groups -OCH3 is 1. The summed E-state index contributed by atoms with van der Waals surface area (Å²) >= 11 is 0. The zero-order valence-corrected chi connectivity index (χ0v) is 16.1. The minimum atomic E-state index is -0.546. The number of aromatic nitrogens is 1. The Balaban J connectivity index is 1.68. The van der Waals surface area contributed by atoms with E-state index in [4.69, 9.17) is 13.9 Å². The summed E-state index contributed by atoms with van der Waals surface area (Å²) in [6, 6.07) is 9.79. The van der Waals surface area contributed by atoms with Gasteiger partial charge in [0.05, 0.1) is 24.5 Å². The number of carbonyl (C=O) groups excluding carboxylic acids is 2. The first-order chi connectivity index (χ1) is 14.0. The van der Waals surface area contributed by atoms with Gasteiger partial charge in [0.25, 0.3) is 5.91 Å². The molecule has 8 heteroatoms. The molecular formula is C21H19N3O5. The molecule has 0 aliphatic carbocycles. The average molecular weight is 393 g/mol. The highest BCUT2D eigenvalue weighted by Crippen LogP contribution is 2.28. The van der Waals surface area contributed by atoms with Crippen molar-refractivity contribution in [2.75, 3.05) is 7.11 Å². The van der Waals surface area contributed by atoms with E-state index in [1.807, 2.05) is 0 Å². The van der Waals surface area contributed by atoms with E-state index in [1.165, 1.54) is 19.5 Å². The van der Waals surface area contributed by atoms with Crippen molar-refractivity contribution >= 4 is 18.1 Å². The van der Waals surface area contributed by atoms with Gasteiger partial charge in [0.2, 0.25) is 0 Å². The number of rotatable bonds is 6. The highest BCUT2D eigenvalue weighted by atomic mass is 16.6. The number of pyridine rings is 1. The maximum atomic E-state index is 12.2. The predicted octanol–water partition coefficient (Wildman–Crippen LogP) is 3.28. The summed E-state index contributed by atoms with van der Waals surface area (Å²) in [4.78, 5) is 28.2. The van der Waals surface area contributed by atoms with Crippen LogP contribution in [0.3, 0.4) is 0 Å².